The minimum atomic E-state index is -0.740. The molecule has 18 heavy (non-hydrogen) atoms. The van der Waals surface area contributed by atoms with Crippen LogP contribution in [-0.4, -0.2) is 42.4 Å². The molecule has 2 aliphatic heterocycles. The van der Waals surface area contributed by atoms with E-state index in [1.54, 1.807) is 17.0 Å². The first-order valence-electron chi connectivity index (χ1n) is 5.77. The molecule has 2 aliphatic rings. The number of ether oxygens (including phenoxy) is 2. The van der Waals surface area contributed by atoms with Crippen LogP contribution in [0.25, 0.3) is 6.08 Å². The minimum absolute atomic E-state index is 0.334. The van der Waals surface area contributed by atoms with E-state index in [-0.39, 0.29) is 6.29 Å². The van der Waals surface area contributed by atoms with E-state index < -0.39 is 6.23 Å². The molecule has 0 spiro atoms. The Morgan fingerprint density at radius 3 is 2.94 bits per heavy atom. The zero-order valence-electron chi connectivity index (χ0n) is 9.62. The van der Waals surface area contributed by atoms with Crippen LogP contribution in [0.1, 0.15) is 5.56 Å². The van der Waals surface area contributed by atoms with Crippen LogP contribution < -0.4 is 4.90 Å². The van der Waals surface area contributed by atoms with Gasteiger partial charge < -0.3 is 19.5 Å². The lowest BCUT2D eigenvalue weighted by Crippen LogP contribution is -2.42. The van der Waals surface area contributed by atoms with Gasteiger partial charge >= 0.3 is 0 Å². The van der Waals surface area contributed by atoms with Crippen molar-refractivity contribution in [2.45, 2.75) is 12.5 Å². The Labute approximate surface area is 110 Å². The van der Waals surface area contributed by atoms with E-state index in [0.29, 0.717) is 30.7 Å². The SMILES string of the molecule is OC1C=Cc2ccc(Cl)nc2N1CC1OCCO1. The lowest BCUT2D eigenvalue weighted by atomic mass is 10.1. The summed E-state index contributed by atoms with van der Waals surface area (Å²) in [7, 11) is 0. The number of aromatic nitrogens is 1. The number of pyridine rings is 1. The molecule has 0 bridgehead atoms. The second-order valence-electron chi connectivity index (χ2n) is 4.14. The van der Waals surface area contributed by atoms with Crippen molar-refractivity contribution in [2.24, 2.45) is 0 Å². The first-order chi connectivity index (χ1) is 8.74. The molecule has 6 heteroatoms. The van der Waals surface area contributed by atoms with Crippen LogP contribution in [0.2, 0.25) is 5.15 Å². The molecular weight excluding hydrogens is 256 g/mol. The fourth-order valence-electron chi connectivity index (χ4n) is 2.08. The smallest absolute Gasteiger partial charge is 0.175 e. The average Bonchev–Trinajstić information content (AvgIpc) is 2.86. The van der Waals surface area contributed by atoms with Crippen LogP contribution in [-0.2, 0) is 9.47 Å². The van der Waals surface area contributed by atoms with Gasteiger partial charge in [-0.2, -0.15) is 0 Å². The highest BCUT2D eigenvalue weighted by Gasteiger charge is 2.27. The van der Waals surface area contributed by atoms with E-state index >= 15 is 0 Å². The third kappa shape index (κ3) is 2.22. The number of halogens is 1. The first-order valence-corrected chi connectivity index (χ1v) is 6.14. The van der Waals surface area contributed by atoms with Crippen molar-refractivity contribution in [3.8, 4) is 0 Å². The Morgan fingerprint density at radius 1 is 1.39 bits per heavy atom. The molecule has 1 atom stereocenters. The lowest BCUT2D eigenvalue weighted by molar-refractivity contribution is -0.0384. The molecule has 1 N–H and O–H groups in total. The molecule has 1 aromatic heterocycles. The van der Waals surface area contributed by atoms with Gasteiger partial charge in [0.25, 0.3) is 0 Å². The van der Waals surface area contributed by atoms with Crippen molar-refractivity contribution in [3.63, 3.8) is 0 Å². The molecule has 1 saturated heterocycles. The van der Waals surface area contributed by atoms with Crippen LogP contribution in [0.5, 0.6) is 0 Å². The third-order valence-corrected chi connectivity index (χ3v) is 3.16. The second-order valence-corrected chi connectivity index (χ2v) is 4.53. The second kappa shape index (κ2) is 4.85. The summed E-state index contributed by atoms with van der Waals surface area (Å²) in [5.74, 6) is 0.650. The van der Waals surface area contributed by atoms with Crippen LogP contribution >= 0.6 is 11.6 Å². The van der Waals surface area contributed by atoms with Crippen LogP contribution in [0.15, 0.2) is 18.2 Å². The normalized spacial score (nSPS) is 23.4. The molecule has 3 rings (SSSR count). The van der Waals surface area contributed by atoms with Gasteiger partial charge in [-0.15, -0.1) is 0 Å². The number of fused-ring (bicyclic) bond motifs is 1. The van der Waals surface area contributed by atoms with Crippen LogP contribution in [0, 0.1) is 0 Å². The summed E-state index contributed by atoms with van der Waals surface area (Å²) in [5, 5.41) is 10.4. The number of hydrogen-bond donors (Lipinski definition) is 1. The number of anilines is 1. The molecule has 1 unspecified atom stereocenters. The highest BCUT2D eigenvalue weighted by molar-refractivity contribution is 6.29. The van der Waals surface area contributed by atoms with E-state index in [0.717, 1.165) is 5.56 Å². The van der Waals surface area contributed by atoms with Crippen molar-refractivity contribution in [1.29, 1.82) is 0 Å². The summed E-state index contributed by atoms with van der Waals surface area (Å²) in [6.45, 7) is 1.59. The van der Waals surface area contributed by atoms with Crippen LogP contribution in [0.3, 0.4) is 0 Å². The molecule has 0 aromatic carbocycles. The Balaban J connectivity index is 1.88. The number of aliphatic hydroxyl groups excluding tert-OH is 1. The van der Waals surface area contributed by atoms with Gasteiger partial charge in [0.05, 0.1) is 19.8 Å². The predicted octanol–water partition coefficient (Wildman–Crippen LogP) is 1.26. The van der Waals surface area contributed by atoms with Gasteiger partial charge in [-0.1, -0.05) is 17.7 Å². The largest absolute Gasteiger partial charge is 0.370 e. The number of rotatable bonds is 2. The van der Waals surface area contributed by atoms with E-state index in [4.69, 9.17) is 21.1 Å². The minimum Gasteiger partial charge on any atom is -0.370 e. The molecule has 0 radical (unpaired) electrons. The maximum Gasteiger partial charge on any atom is 0.175 e. The lowest BCUT2D eigenvalue weighted by Gasteiger charge is -2.32. The van der Waals surface area contributed by atoms with Crippen molar-refractivity contribution in [1.82, 2.24) is 4.98 Å². The highest BCUT2D eigenvalue weighted by Crippen LogP contribution is 2.28. The average molecular weight is 269 g/mol. The molecule has 5 nitrogen and oxygen atoms in total. The number of hydrogen-bond acceptors (Lipinski definition) is 5. The highest BCUT2D eigenvalue weighted by atomic mass is 35.5. The summed E-state index contributed by atoms with van der Waals surface area (Å²) in [6, 6.07) is 3.60. The zero-order chi connectivity index (χ0) is 12.5. The molecule has 1 aromatic rings. The number of nitrogens with zero attached hydrogens (tertiary/aromatic N) is 2. The molecule has 0 aliphatic carbocycles. The molecular formula is C12H13ClN2O3. The van der Waals surface area contributed by atoms with Gasteiger partial charge in [-0.05, 0) is 18.2 Å². The fraction of sp³-hybridized carbons (Fsp3) is 0.417. The van der Waals surface area contributed by atoms with Crippen molar-refractivity contribution >= 4 is 23.5 Å². The van der Waals surface area contributed by atoms with Crippen LogP contribution in [0.4, 0.5) is 5.82 Å². The Morgan fingerprint density at radius 2 is 2.17 bits per heavy atom. The Kier molecular flexibility index (Phi) is 3.22. The number of aliphatic hydroxyl groups is 1. The van der Waals surface area contributed by atoms with Gasteiger partial charge in [0.1, 0.15) is 17.2 Å². The van der Waals surface area contributed by atoms with E-state index in [1.807, 2.05) is 12.1 Å². The third-order valence-electron chi connectivity index (χ3n) is 2.95. The molecule has 0 amide bonds. The maximum atomic E-state index is 10.0. The van der Waals surface area contributed by atoms with Crippen molar-refractivity contribution in [2.75, 3.05) is 24.7 Å². The van der Waals surface area contributed by atoms with E-state index in [2.05, 4.69) is 4.98 Å². The Hall–Kier alpha value is -1.14. The zero-order valence-corrected chi connectivity index (χ0v) is 10.4. The molecule has 96 valence electrons. The van der Waals surface area contributed by atoms with Crippen molar-refractivity contribution in [3.05, 3.63) is 28.9 Å². The van der Waals surface area contributed by atoms with E-state index in [9.17, 15) is 5.11 Å². The maximum absolute atomic E-state index is 10.0. The van der Waals surface area contributed by atoms with Crippen molar-refractivity contribution < 1.29 is 14.6 Å². The predicted molar refractivity (Wildman–Crippen MR) is 67.3 cm³/mol. The van der Waals surface area contributed by atoms with E-state index in [1.165, 1.54) is 0 Å². The summed E-state index contributed by atoms with van der Waals surface area (Å²) in [4.78, 5) is 5.98. The topological polar surface area (TPSA) is 54.8 Å². The molecule has 3 heterocycles. The Bertz CT molecular complexity index is 474. The van der Waals surface area contributed by atoms with Gasteiger partial charge in [-0.25, -0.2) is 4.98 Å². The first kappa shape index (κ1) is 11.9. The summed E-state index contributed by atoms with van der Waals surface area (Å²) in [6.07, 6.45) is 2.46. The monoisotopic (exact) mass is 268 g/mol. The molecule has 0 saturated carbocycles. The molecule has 1 fully saturated rings. The fourth-order valence-corrected chi connectivity index (χ4v) is 2.23. The van der Waals surface area contributed by atoms with Gasteiger partial charge in [0.15, 0.2) is 6.29 Å². The summed E-state index contributed by atoms with van der Waals surface area (Å²) >= 11 is 5.90. The summed E-state index contributed by atoms with van der Waals surface area (Å²) in [5.41, 5.74) is 0.919. The van der Waals surface area contributed by atoms with Gasteiger partial charge in [0, 0.05) is 5.56 Å². The van der Waals surface area contributed by atoms with Gasteiger partial charge in [-0.3, -0.25) is 0 Å². The van der Waals surface area contributed by atoms with Gasteiger partial charge in [0.2, 0.25) is 0 Å². The standard InChI is InChI=1S/C12H13ClN2O3/c13-9-3-1-8-2-4-10(16)15(12(8)14-9)7-11-17-5-6-18-11/h1-4,10-11,16H,5-7H2. The summed E-state index contributed by atoms with van der Waals surface area (Å²) < 4.78 is 10.8. The quantitative estimate of drug-likeness (QED) is 0.819.